The van der Waals surface area contributed by atoms with Crippen molar-refractivity contribution < 1.29 is 4.74 Å². The second kappa shape index (κ2) is 9.78. The van der Waals surface area contributed by atoms with Crippen LogP contribution in [-0.2, 0) is 13.0 Å². The smallest absolute Gasteiger partial charge is 0.173 e. The van der Waals surface area contributed by atoms with Crippen LogP contribution in [0.5, 0.6) is 5.75 Å². The van der Waals surface area contributed by atoms with E-state index in [9.17, 15) is 0 Å². The first kappa shape index (κ1) is 21.8. The Morgan fingerprint density at radius 1 is 1.12 bits per heavy atom. The molecule has 0 aliphatic rings. The van der Waals surface area contributed by atoms with Crippen LogP contribution >= 0.6 is 12.2 Å². The van der Waals surface area contributed by atoms with Gasteiger partial charge in [-0.25, -0.2) is 4.98 Å². The summed E-state index contributed by atoms with van der Waals surface area (Å²) in [6, 6.07) is 16.0. The molecule has 0 radical (unpaired) electrons. The van der Waals surface area contributed by atoms with Crippen molar-refractivity contribution in [2.45, 2.75) is 26.8 Å². The zero-order chi connectivity index (χ0) is 22.5. The van der Waals surface area contributed by atoms with Crippen molar-refractivity contribution in [2.75, 3.05) is 19.0 Å². The number of benzene rings is 2. The van der Waals surface area contributed by atoms with Crippen molar-refractivity contribution in [3.8, 4) is 5.75 Å². The van der Waals surface area contributed by atoms with Gasteiger partial charge in [0.2, 0.25) is 0 Å². The number of hydrogen-bond acceptors (Lipinski definition) is 4. The van der Waals surface area contributed by atoms with Crippen LogP contribution in [0.4, 0.5) is 5.69 Å². The highest BCUT2D eigenvalue weighted by molar-refractivity contribution is 7.80. The number of aryl methyl sites for hydroxylation is 2. The van der Waals surface area contributed by atoms with Gasteiger partial charge < -0.3 is 19.9 Å². The Labute approximate surface area is 193 Å². The number of nitrogens with zero attached hydrogens (tertiary/aromatic N) is 3. The van der Waals surface area contributed by atoms with Crippen LogP contribution in [0, 0.1) is 13.8 Å². The van der Waals surface area contributed by atoms with E-state index >= 15 is 0 Å². The second-order valence-electron chi connectivity index (χ2n) is 7.80. The molecule has 4 rings (SSSR count). The summed E-state index contributed by atoms with van der Waals surface area (Å²) in [4.78, 5) is 14.6. The molecule has 2 aromatic carbocycles. The topological polar surface area (TPSA) is 66.1 Å². The highest BCUT2D eigenvalue weighted by atomic mass is 32.1. The van der Waals surface area contributed by atoms with Crippen molar-refractivity contribution >= 4 is 34.1 Å². The quantitative estimate of drug-likeness (QED) is 0.389. The number of fused-ring (bicyclic) bond motifs is 1. The summed E-state index contributed by atoms with van der Waals surface area (Å²) in [5.74, 6) is 1.69. The lowest BCUT2D eigenvalue weighted by Gasteiger charge is -2.26. The molecule has 7 heteroatoms. The highest BCUT2D eigenvalue weighted by Gasteiger charge is 2.14. The summed E-state index contributed by atoms with van der Waals surface area (Å²) in [5.41, 5.74) is 6.50. The predicted octanol–water partition coefficient (Wildman–Crippen LogP) is 5.03. The number of methoxy groups -OCH3 is 1. The third-order valence-electron chi connectivity index (χ3n) is 5.50. The molecule has 0 spiro atoms. The minimum absolute atomic E-state index is 0.626. The van der Waals surface area contributed by atoms with Crippen molar-refractivity contribution in [3.63, 3.8) is 0 Å². The molecule has 164 valence electrons. The third-order valence-corrected chi connectivity index (χ3v) is 5.86. The Kier molecular flexibility index (Phi) is 6.66. The van der Waals surface area contributed by atoms with Crippen LogP contribution in [0.1, 0.15) is 22.5 Å². The van der Waals surface area contributed by atoms with Crippen molar-refractivity contribution in [2.24, 2.45) is 0 Å². The molecule has 0 saturated carbocycles. The Balaban J connectivity index is 1.53. The number of imidazole rings is 1. The van der Waals surface area contributed by atoms with Gasteiger partial charge in [-0.1, -0.05) is 18.2 Å². The summed E-state index contributed by atoms with van der Waals surface area (Å²) in [5, 5.41) is 3.97. The van der Waals surface area contributed by atoms with Crippen molar-refractivity contribution in [1.29, 1.82) is 0 Å². The van der Waals surface area contributed by atoms with Crippen LogP contribution in [0.25, 0.3) is 11.0 Å². The lowest BCUT2D eigenvalue weighted by atomic mass is 10.1. The predicted molar refractivity (Wildman–Crippen MR) is 133 cm³/mol. The van der Waals surface area contributed by atoms with Gasteiger partial charge in [-0.2, -0.15) is 0 Å². The van der Waals surface area contributed by atoms with Crippen LogP contribution in [0.15, 0.2) is 60.9 Å². The van der Waals surface area contributed by atoms with Gasteiger partial charge in [0.1, 0.15) is 11.6 Å². The highest BCUT2D eigenvalue weighted by Crippen LogP contribution is 2.24. The number of anilines is 1. The molecular formula is C25H27N5OS. The Morgan fingerprint density at radius 2 is 1.94 bits per heavy atom. The molecule has 4 aromatic rings. The van der Waals surface area contributed by atoms with Gasteiger partial charge in [0.05, 0.1) is 23.8 Å². The standard InChI is InChI=1S/C25H27N5OS/c1-17-13-21-22(14-18(17)2)28-24(27-21)10-12-30(16-19-7-6-11-26-15-19)25(32)29-20-8-4-5-9-23(20)31-3/h4-9,11,13-15H,10,12,16H2,1-3H3,(H,27,28)(H,29,32). The summed E-state index contributed by atoms with van der Waals surface area (Å²) >= 11 is 5.79. The van der Waals surface area contributed by atoms with Crippen LogP contribution in [-0.4, -0.2) is 38.6 Å². The van der Waals surface area contributed by atoms with Crippen molar-refractivity contribution in [3.05, 3.63) is 83.4 Å². The third kappa shape index (κ3) is 5.06. The van der Waals surface area contributed by atoms with Gasteiger partial charge in [0.15, 0.2) is 5.11 Å². The fraction of sp³-hybridized carbons (Fsp3) is 0.240. The molecule has 32 heavy (non-hydrogen) atoms. The lowest BCUT2D eigenvalue weighted by molar-refractivity contribution is 0.412. The number of ether oxygens (including phenoxy) is 1. The molecule has 0 atom stereocenters. The van der Waals surface area contributed by atoms with Gasteiger partial charge in [-0.15, -0.1) is 0 Å². The number of thiocarbonyl (C=S) groups is 1. The van der Waals surface area contributed by atoms with Crippen LogP contribution in [0.2, 0.25) is 0 Å². The number of aromatic nitrogens is 3. The molecule has 0 bridgehead atoms. The first-order valence-electron chi connectivity index (χ1n) is 10.6. The van der Waals surface area contributed by atoms with E-state index in [-0.39, 0.29) is 0 Å². The fourth-order valence-electron chi connectivity index (χ4n) is 3.59. The molecule has 0 aliphatic carbocycles. The van der Waals surface area contributed by atoms with E-state index in [1.807, 2.05) is 36.5 Å². The van der Waals surface area contributed by atoms with E-state index in [0.29, 0.717) is 18.2 Å². The first-order valence-corrected chi connectivity index (χ1v) is 11.0. The molecule has 0 unspecified atom stereocenters. The molecule has 0 saturated heterocycles. The molecule has 0 fully saturated rings. The van der Waals surface area contributed by atoms with Crippen LogP contribution < -0.4 is 10.1 Å². The zero-order valence-electron chi connectivity index (χ0n) is 18.6. The van der Waals surface area contributed by atoms with Gasteiger partial charge >= 0.3 is 0 Å². The molecular weight excluding hydrogens is 418 g/mol. The van der Waals surface area contributed by atoms with Crippen molar-refractivity contribution in [1.82, 2.24) is 19.9 Å². The van der Waals surface area contributed by atoms with E-state index in [4.69, 9.17) is 21.9 Å². The van der Waals surface area contributed by atoms with Gasteiger partial charge in [0, 0.05) is 31.9 Å². The van der Waals surface area contributed by atoms with Gasteiger partial charge in [-0.3, -0.25) is 4.98 Å². The average Bonchev–Trinajstić information content (AvgIpc) is 3.19. The summed E-state index contributed by atoms with van der Waals surface area (Å²) in [6.45, 7) is 5.58. The van der Waals surface area contributed by atoms with E-state index < -0.39 is 0 Å². The number of pyridine rings is 1. The monoisotopic (exact) mass is 445 g/mol. The normalized spacial score (nSPS) is 10.8. The fourth-order valence-corrected chi connectivity index (χ4v) is 3.85. The molecule has 2 N–H and O–H groups in total. The lowest BCUT2D eigenvalue weighted by Crippen LogP contribution is -2.36. The SMILES string of the molecule is COc1ccccc1NC(=S)N(CCc1nc2cc(C)c(C)cc2[nH]1)Cc1cccnc1. The average molecular weight is 446 g/mol. The Hall–Kier alpha value is -3.45. The largest absolute Gasteiger partial charge is 0.495 e. The minimum Gasteiger partial charge on any atom is -0.495 e. The maximum absolute atomic E-state index is 5.79. The summed E-state index contributed by atoms with van der Waals surface area (Å²) in [7, 11) is 1.65. The molecule has 2 aromatic heterocycles. The Morgan fingerprint density at radius 3 is 2.72 bits per heavy atom. The maximum Gasteiger partial charge on any atom is 0.173 e. The maximum atomic E-state index is 5.79. The zero-order valence-corrected chi connectivity index (χ0v) is 19.4. The van der Waals surface area contributed by atoms with Gasteiger partial charge in [0.25, 0.3) is 0 Å². The second-order valence-corrected chi connectivity index (χ2v) is 8.19. The number of hydrogen-bond donors (Lipinski definition) is 2. The molecule has 0 amide bonds. The van der Waals surface area contributed by atoms with Crippen LogP contribution in [0.3, 0.4) is 0 Å². The minimum atomic E-state index is 0.626. The molecule has 2 heterocycles. The number of H-pyrrole nitrogens is 1. The Bertz CT molecular complexity index is 1180. The number of para-hydroxylation sites is 2. The van der Waals surface area contributed by atoms with E-state index in [1.165, 1.54) is 11.1 Å². The molecule has 6 nitrogen and oxygen atoms in total. The molecule has 0 aliphatic heterocycles. The van der Waals surface area contributed by atoms with E-state index in [1.54, 1.807) is 13.3 Å². The van der Waals surface area contributed by atoms with E-state index in [2.05, 4.69) is 52.2 Å². The number of aromatic amines is 1. The first-order chi connectivity index (χ1) is 15.5. The number of rotatable bonds is 7. The summed E-state index contributed by atoms with van der Waals surface area (Å²) < 4.78 is 5.46. The van der Waals surface area contributed by atoms with Gasteiger partial charge in [-0.05, 0) is 73.1 Å². The summed E-state index contributed by atoms with van der Waals surface area (Å²) in [6.07, 6.45) is 4.38. The number of nitrogens with one attached hydrogen (secondary N) is 2. The van der Waals surface area contributed by atoms with E-state index in [0.717, 1.165) is 40.3 Å².